The number of hydrogen-bond acceptors (Lipinski definition) is 5. The fourth-order valence-electron chi connectivity index (χ4n) is 3.47. The van der Waals surface area contributed by atoms with E-state index in [4.69, 9.17) is 25.4 Å². The number of carbonyl (C=O) groups excluding carboxylic acids is 1. The van der Waals surface area contributed by atoms with Gasteiger partial charge in [-0.1, -0.05) is 20.8 Å². The molecule has 1 saturated carbocycles. The lowest BCUT2D eigenvalue weighted by Gasteiger charge is -2.29. The molecule has 2 aromatic rings. The number of benzene rings is 2. The van der Waals surface area contributed by atoms with Gasteiger partial charge >= 0.3 is 0 Å². The van der Waals surface area contributed by atoms with E-state index in [9.17, 15) is 4.79 Å². The van der Waals surface area contributed by atoms with E-state index in [-0.39, 0.29) is 35.9 Å². The van der Waals surface area contributed by atoms with Crippen LogP contribution in [0.25, 0.3) is 0 Å². The van der Waals surface area contributed by atoms with Gasteiger partial charge in [-0.3, -0.25) is 10.2 Å². The maximum Gasteiger partial charge on any atom is 0.279 e. The molecule has 4 N–H and O–H groups in total. The predicted octanol–water partition coefficient (Wildman–Crippen LogP) is 4.15. The standard InChI is InChI=1S/C24H29N3O4/c1-24(2,3)13-30-16-7-9-21-18(11-16)19(12-29-23(25)26)17-10-14(4-8-20(17)31-21)22(28)27-15-5-6-15/h4,7-11,15,19H,5-6,12-13H2,1-3H3,(H3,25,26)(H,27,28)/t19-/m1/s1. The number of nitrogens with two attached hydrogens (primary N) is 1. The third-order valence-corrected chi connectivity index (χ3v) is 5.21. The molecule has 1 heterocycles. The minimum absolute atomic E-state index is 0.0277. The maximum atomic E-state index is 12.6. The Morgan fingerprint density at radius 1 is 1.16 bits per heavy atom. The number of amides is 1. The summed E-state index contributed by atoms with van der Waals surface area (Å²) in [7, 11) is 0. The van der Waals surface area contributed by atoms with Crippen molar-refractivity contribution in [3.05, 3.63) is 53.1 Å². The SMILES string of the molecule is CC(C)(C)COc1ccc2c(c1)[C@H](COC(=N)N)c1cc(C(=O)NC3CC3)ccc1O2. The van der Waals surface area contributed by atoms with E-state index >= 15 is 0 Å². The van der Waals surface area contributed by atoms with E-state index in [0.29, 0.717) is 23.7 Å². The number of hydrogen-bond donors (Lipinski definition) is 3. The summed E-state index contributed by atoms with van der Waals surface area (Å²) < 4.78 is 17.5. The van der Waals surface area contributed by atoms with Crippen molar-refractivity contribution in [3.8, 4) is 17.2 Å². The molecule has 2 aliphatic rings. The van der Waals surface area contributed by atoms with E-state index in [1.54, 1.807) is 6.07 Å². The zero-order valence-corrected chi connectivity index (χ0v) is 18.2. The smallest absolute Gasteiger partial charge is 0.279 e. The molecule has 1 amide bonds. The molecular weight excluding hydrogens is 394 g/mol. The second-order valence-corrected chi connectivity index (χ2v) is 9.38. The number of fused-ring (bicyclic) bond motifs is 2. The molecule has 1 aliphatic heterocycles. The Morgan fingerprint density at radius 2 is 1.84 bits per heavy atom. The molecule has 0 saturated heterocycles. The molecule has 1 atom stereocenters. The zero-order valence-electron chi connectivity index (χ0n) is 18.2. The molecule has 4 rings (SSSR count). The Morgan fingerprint density at radius 3 is 2.48 bits per heavy atom. The van der Waals surface area contributed by atoms with E-state index in [1.807, 2.05) is 30.3 Å². The molecule has 0 unspecified atom stereocenters. The molecule has 1 fully saturated rings. The Hall–Kier alpha value is -3.22. The van der Waals surface area contributed by atoms with Crippen LogP contribution in [0, 0.1) is 10.8 Å². The summed E-state index contributed by atoms with van der Waals surface area (Å²) in [6, 6.07) is 11.1. The lowest BCUT2D eigenvalue weighted by Crippen LogP contribution is -2.26. The first kappa shape index (κ1) is 21.0. The Balaban J connectivity index is 1.66. The average molecular weight is 424 g/mol. The number of amidine groups is 1. The summed E-state index contributed by atoms with van der Waals surface area (Å²) in [5.74, 6) is 1.74. The zero-order chi connectivity index (χ0) is 22.2. The lowest BCUT2D eigenvalue weighted by molar-refractivity contribution is 0.0951. The summed E-state index contributed by atoms with van der Waals surface area (Å²) in [6.45, 7) is 7.08. The molecule has 2 aromatic carbocycles. The molecular formula is C24H29N3O4. The highest BCUT2D eigenvalue weighted by atomic mass is 16.5. The quantitative estimate of drug-likeness (QED) is 0.478. The van der Waals surface area contributed by atoms with Crippen molar-refractivity contribution in [3.63, 3.8) is 0 Å². The lowest BCUT2D eigenvalue weighted by atomic mass is 9.87. The van der Waals surface area contributed by atoms with Crippen LogP contribution < -0.4 is 20.5 Å². The number of rotatable bonds is 6. The molecule has 0 radical (unpaired) electrons. The Bertz CT molecular complexity index is 1010. The van der Waals surface area contributed by atoms with Crippen molar-refractivity contribution in [2.24, 2.45) is 11.1 Å². The third kappa shape index (κ3) is 5.10. The van der Waals surface area contributed by atoms with E-state index in [1.165, 1.54) is 0 Å². The van der Waals surface area contributed by atoms with Crippen LogP contribution in [-0.2, 0) is 4.74 Å². The van der Waals surface area contributed by atoms with Crippen LogP contribution in [0.1, 0.15) is 61.0 Å². The van der Waals surface area contributed by atoms with E-state index < -0.39 is 0 Å². The van der Waals surface area contributed by atoms with Gasteiger partial charge in [-0.05, 0) is 54.7 Å². The molecule has 164 valence electrons. The Kier molecular flexibility index (Phi) is 5.52. The van der Waals surface area contributed by atoms with Gasteiger partial charge in [-0.25, -0.2) is 0 Å². The molecule has 0 aromatic heterocycles. The normalized spacial score (nSPS) is 17.1. The van der Waals surface area contributed by atoms with Gasteiger partial charge in [0.2, 0.25) is 0 Å². The first-order valence-corrected chi connectivity index (χ1v) is 10.6. The van der Waals surface area contributed by atoms with Crippen LogP contribution in [-0.4, -0.2) is 31.2 Å². The summed E-state index contributed by atoms with van der Waals surface area (Å²) in [5, 5.41) is 10.5. The van der Waals surface area contributed by atoms with Crippen LogP contribution in [0.5, 0.6) is 17.2 Å². The maximum absolute atomic E-state index is 12.6. The Labute approximate surface area is 182 Å². The fraction of sp³-hybridized carbons (Fsp3) is 0.417. The van der Waals surface area contributed by atoms with E-state index in [2.05, 4.69) is 26.1 Å². The molecule has 0 spiro atoms. The number of nitrogens with one attached hydrogen (secondary N) is 2. The second-order valence-electron chi connectivity index (χ2n) is 9.38. The van der Waals surface area contributed by atoms with Crippen molar-refractivity contribution >= 4 is 11.9 Å². The third-order valence-electron chi connectivity index (χ3n) is 5.21. The molecule has 31 heavy (non-hydrogen) atoms. The van der Waals surface area contributed by atoms with Crippen molar-refractivity contribution in [2.45, 2.75) is 45.6 Å². The van der Waals surface area contributed by atoms with Gasteiger partial charge in [0, 0.05) is 22.7 Å². The van der Waals surface area contributed by atoms with Gasteiger partial charge in [-0.15, -0.1) is 0 Å². The number of carbonyl (C=O) groups is 1. The summed E-state index contributed by atoms with van der Waals surface area (Å²) in [5.41, 5.74) is 7.76. The van der Waals surface area contributed by atoms with Crippen LogP contribution >= 0.6 is 0 Å². The van der Waals surface area contributed by atoms with Crippen molar-refractivity contribution in [1.29, 1.82) is 5.41 Å². The van der Waals surface area contributed by atoms with Gasteiger partial charge < -0.3 is 25.3 Å². The highest BCUT2D eigenvalue weighted by Gasteiger charge is 2.31. The summed E-state index contributed by atoms with van der Waals surface area (Å²) >= 11 is 0. The number of ether oxygens (including phenoxy) is 3. The largest absolute Gasteiger partial charge is 0.493 e. The first-order valence-electron chi connectivity index (χ1n) is 10.6. The molecule has 7 nitrogen and oxygen atoms in total. The van der Waals surface area contributed by atoms with Crippen LogP contribution in [0.4, 0.5) is 0 Å². The monoisotopic (exact) mass is 423 g/mol. The van der Waals surface area contributed by atoms with Crippen molar-refractivity contribution < 1.29 is 19.0 Å². The topological polar surface area (TPSA) is 107 Å². The van der Waals surface area contributed by atoms with Crippen LogP contribution in [0.2, 0.25) is 0 Å². The predicted molar refractivity (Wildman–Crippen MR) is 118 cm³/mol. The molecule has 7 heteroatoms. The first-order chi connectivity index (χ1) is 14.7. The van der Waals surface area contributed by atoms with Gasteiger partial charge in [-0.2, -0.15) is 0 Å². The van der Waals surface area contributed by atoms with Gasteiger partial charge in [0.1, 0.15) is 23.9 Å². The molecule has 0 bridgehead atoms. The van der Waals surface area contributed by atoms with Crippen molar-refractivity contribution in [1.82, 2.24) is 5.32 Å². The highest BCUT2D eigenvalue weighted by Crippen LogP contribution is 2.46. The average Bonchev–Trinajstić information content (AvgIpc) is 3.52. The highest BCUT2D eigenvalue weighted by molar-refractivity contribution is 5.95. The summed E-state index contributed by atoms with van der Waals surface area (Å²) in [6.07, 6.45) is 2.05. The minimum atomic E-state index is -0.350. The fourth-order valence-corrected chi connectivity index (χ4v) is 3.47. The van der Waals surface area contributed by atoms with Gasteiger partial charge in [0.15, 0.2) is 0 Å². The second kappa shape index (κ2) is 8.13. The van der Waals surface area contributed by atoms with Crippen LogP contribution in [0.15, 0.2) is 36.4 Å². The van der Waals surface area contributed by atoms with Crippen LogP contribution in [0.3, 0.4) is 0 Å². The minimum Gasteiger partial charge on any atom is -0.493 e. The van der Waals surface area contributed by atoms with Gasteiger partial charge in [0.05, 0.1) is 12.5 Å². The van der Waals surface area contributed by atoms with Gasteiger partial charge in [0.25, 0.3) is 11.9 Å². The van der Waals surface area contributed by atoms with E-state index in [0.717, 1.165) is 29.7 Å². The molecule has 1 aliphatic carbocycles. The summed E-state index contributed by atoms with van der Waals surface area (Å²) in [4.78, 5) is 12.6. The van der Waals surface area contributed by atoms with Crippen molar-refractivity contribution in [2.75, 3.05) is 13.2 Å².